The number of aromatic nitrogens is 1. The second-order valence-electron chi connectivity index (χ2n) is 7.90. The van der Waals surface area contributed by atoms with Crippen LogP contribution in [0.15, 0.2) is 12.3 Å². The van der Waals surface area contributed by atoms with Crippen LogP contribution in [-0.2, 0) is 16.0 Å². The van der Waals surface area contributed by atoms with Gasteiger partial charge in [0.2, 0.25) is 0 Å². The highest BCUT2D eigenvalue weighted by Gasteiger charge is 2.30. The number of rotatable bonds is 7. The lowest BCUT2D eigenvalue weighted by Gasteiger charge is -2.32. The topological polar surface area (TPSA) is 54.5 Å². The Morgan fingerprint density at radius 2 is 2.12 bits per heavy atom. The summed E-state index contributed by atoms with van der Waals surface area (Å²) in [6.07, 6.45) is 3.67. The van der Waals surface area contributed by atoms with Crippen molar-refractivity contribution in [1.82, 2.24) is 4.98 Å². The Labute approximate surface area is 152 Å². The van der Waals surface area contributed by atoms with E-state index in [2.05, 4.69) is 42.0 Å². The zero-order valence-corrected chi connectivity index (χ0v) is 16.6. The number of nitrogens with one attached hydrogen (secondary N) is 1. The zero-order chi connectivity index (χ0) is 18.6. The Morgan fingerprint density at radius 1 is 1.40 bits per heavy atom. The van der Waals surface area contributed by atoms with Gasteiger partial charge in [-0.1, -0.05) is 13.8 Å². The number of anilines is 2. The molecule has 2 atom stereocenters. The first-order valence-corrected chi connectivity index (χ1v) is 9.46. The molecule has 0 amide bonds. The monoisotopic (exact) mass is 347 g/mol. The van der Waals surface area contributed by atoms with Crippen molar-refractivity contribution in [3.8, 4) is 0 Å². The molecule has 0 bridgehead atoms. The summed E-state index contributed by atoms with van der Waals surface area (Å²) in [4.78, 5) is 19.4. The van der Waals surface area contributed by atoms with E-state index in [4.69, 9.17) is 4.74 Å². The molecule has 5 heteroatoms. The number of carbonyl (C=O) groups excluding carboxylic acids is 1. The molecule has 0 aromatic carbocycles. The summed E-state index contributed by atoms with van der Waals surface area (Å²) in [5.41, 5.74) is 2.09. The van der Waals surface area contributed by atoms with Gasteiger partial charge in [-0.3, -0.25) is 4.79 Å². The van der Waals surface area contributed by atoms with Crippen molar-refractivity contribution in [1.29, 1.82) is 0 Å². The van der Waals surface area contributed by atoms with E-state index in [1.807, 2.05) is 27.0 Å². The number of carbonyl (C=O) groups is 1. The van der Waals surface area contributed by atoms with Gasteiger partial charge in [0.05, 0.1) is 5.92 Å². The highest BCUT2D eigenvalue weighted by atomic mass is 16.6. The van der Waals surface area contributed by atoms with Crippen molar-refractivity contribution in [3.63, 3.8) is 0 Å². The number of hydrogen-bond donors (Lipinski definition) is 1. The molecule has 140 valence electrons. The van der Waals surface area contributed by atoms with E-state index < -0.39 is 5.60 Å². The summed E-state index contributed by atoms with van der Waals surface area (Å²) in [5, 5.41) is 3.34. The van der Waals surface area contributed by atoms with Gasteiger partial charge in [0.15, 0.2) is 0 Å². The third-order valence-electron chi connectivity index (χ3n) is 4.77. The van der Waals surface area contributed by atoms with E-state index in [-0.39, 0.29) is 17.8 Å². The molecule has 1 aliphatic heterocycles. The van der Waals surface area contributed by atoms with Gasteiger partial charge in [-0.25, -0.2) is 4.98 Å². The Hall–Kier alpha value is -1.78. The minimum atomic E-state index is -0.438. The standard InChI is InChI=1S/C20H33N3O2/c1-7-15(19(24)25-20(4,5)6)14(3)13-23(8-2)17-10-12-22-18-16(17)9-11-21-18/h10,12,14-15H,7-9,11,13H2,1-6H3,(H,21,22). The minimum absolute atomic E-state index is 0.0821. The molecule has 1 aliphatic rings. The number of esters is 1. The third-order valence-corrected chi connectivity index (χ3v) is 4.77. The molecule has 0 aliphatic carbocycles. The SMILES string of the molecule is CCC(C(=O)OC(C)(C)C)C(C)CN(CC)c1ccnc2c1CCN2. The molecule has 2 rings (SSSR count). The Kier molecular flexibility index (Phi) is 6.31. The highest BCUT2D eigenvalue weighted by molar-refractivity contribution is 5.73. The van der Waals surface area contributed by atoms with Crippen LogP contribution in [0.5, 0.6) is 0 Å². The normalized spacial score (nSPS) is 15.9. The fourth-order valence-corrected chi connectivity index (χ4v) is 3.53. The second-order valence-corrected chi connectivity index (χ2v) is 7.90. The molecule has 0 spiro atoms. The largest absolute Gasteiger partial charge is 0.460 e. The van der Waals surface area contributed by atoms with Crippen molar-refractivity contribution in [2.24, 2.45) is 11.8 Å². The average Bonchev–Trinajstić information content (AvgIpc) is 3.00. The van der Waals surface area contributed by atoms with Crippen molar-refractivity contribution < 1.29 is 9.53 Å². The Balaban J connectivity index is 2.12. The Bertz CT molecular complexity index is 595. The number of nitrogens with zero attached hydrogens (tertiary/aromatic N) is 2. The first-order valence-electron chi connectivity index (χ1n) is 9.46. The fourth-order valence-electron chi connectivity index (χ4n) is 3.53. The van der Waals surface area contributed by atoms with E-state index in [1.54, 1.807) is 0 Å². The first kappa shape index (κ1) is 19.5. The summed E-state index contributed by atoms with van der Waals surface area (Å²) in [6, 6.07) is 2.09. The molecule has 1 N–H and O–H groups in total. The van der Waals surface area contributed by atoms with Crippen LogP contribution in [0, 0.1) is 11.8 Å². The smallest absolute Gasteiger partial charge is 0.309 e. The summed E-state index contributed by atoms with van der Waals surface area (Å²) in [7, 11) is 0. The van der Waals surface area contributed by atoms with Gasteiger partial charge < -0.3 is 15.0 Å². The lowest BCUT2D eigenvalue weighted by molar-refractivity contribution is -0.161. The van der Waals surface area contributed by atoms with Crippen LogP contribution in [0.2, 0.25) is 0 Å². The van der Waals surface area contributed by atoms with Crippen LogP contribution in [-0.4, -0.2) is 36.2 Å². The molecule has 0 saturated carbocycles. The van der Waals surface area contributed by atoms with E-state index in [0.29, 0.717) is 0 Å². The number of fused-ring (bicyclic) bond motifs is 1. The van der Waals surface area contributed by atoms with Crippen LogP contribution < -0.4 is 10.2 Å². The van der Waals surface area contributed by atoms with Crippen LogP contribution in [0.3, 0.4) is 0 Å². The van der Waals surface area contributed by atoms with E-state index >= 15 is 0 Å². The van der Waals surface area contributed by atoms with Gasteiger partial charge in [0.25, 0.3) is 0 Å². The van der Waals surface area contributed by atoms with Crippen LogP contribution >= 0.6 is 0 Å². The summed E-state index contributed by atoms with van der Waals surface area (Å²) in [5.74, 6) is 1.06. The second kappa shape index (κ2) is 8.07. The first-order chi connectivity index (χ1) is 11.8. The number of pyridine rings is 1. The molecule has 0 radical (unpaired) electrons. The van der Waals surface area contributed by atoms with Crippen LogP contribution in [0.25, 0.3) is 0 Å². The fraction of sp³-hybridized carbons (Fsp3) is 0.700. The molecule has 1 aromatic rings. The van der Waals surface area contributed by atoms with Crippen molar-refractivity contribution in [2.45, 2.75) is 60.0 Å². The zero-order valence-electron chi connectivity index (χ0n) is 16.6. The van der Waals surface area contributed by atoms with E-state index in [1.165, 1.54) is 11.3 Å². The predicted molar refractivity (Wildman–Crippen MR) is 103 cm³/mol. The molecular weight excluding hydrogens is 314 g/mol. The molecule has 0 fully saturated rings. The third kappa shape index (κ3) is 4.86. The summed E-state index contributed by atoms with van der Waals surface area (Å²) >= 11 is 0. The van der Waals surface area contributed by atoms with Gasteiger partial charge in [0, 0.05) is 37.1 Å². The molecule has 2 heterocycles. The Morgan fingerprint density at radius 3 is 2.72 bits per heavy atom. The number of ether oxygens (including phenoxy) is 1. The van der Waals surface area contributed by atoms with Crippen LogP contribution in [0.1, 0.15) is 53.5 Å². The lowest BCUT2D eigenvalue weighted by atomic mass is 9.90. The summed E-state index contributed by atoms with van der Waals surface area (Å²) < 4.78 is 5.63. The van der Waals surface area contributed by atoms with E-state index in [9.17, 15) is 4.79 Å². The van der Waals surface area contributed by atoms with Crippen LogP contribution in [0.4, 0.5) is 11.5 Å². The quantitative estimate of drug-likeness (QED) is 0.759. The molecule has 25 heavy (non-hydrogen) atoms. The molecular formula is C20H33N3O2. The van der Waals surface area contributed by atoms with Gasteiger partial charge in [-0.15, -0.1) is 0 Å². The average molecular weight is 348 g/mol. The van der Waals surface area contributed by atoms with Gasteiger partial charge in [0.1, 0.15) is 11.4 Å². The molecule has 1 aromatic heterocycles. The van der Waals surface area contributed by atoms with Crippen molar-refractivity contribution in [2.75, 3.05) is 29.9 Å². The maximum Gasteiger partial charge on any atom is 0.309 e. The predicted octanol–water partition coefficient (Wildman–Crippen LogP) is 3.88. The van der Waals surface area contributed by atoms with Gasteiger partial charge in [-0.05, 0) is 52.5 Å². The molecule has 5 nitrogen and oxygen atoms in total. The highest BCUT2D eigenvalue weighted by Crippen LogP contribution is 2.31. The maximum absolute atomic E-state index is 12.6. The van der Waals surface area contributed by atoms with Crippen molar-refractivity contribution >= 4 is 17.5 Å². The molecule has 0 saturated heterocycles. The van der Waals surface area contributed by atoms with Crippen molar-refractivity contribution in [3.05, 3.63) is 17.8 Å². The van der Waals surface area contributed by atoms with Gasteiger partial charge >= 0.3 is 5.97 Å². The summed E-state index contributed by atoms with van der Waals surface area (Å²) in [6.45, 7) is 14.8. The molecule has 2 unspecified atom stereocenters. The van der Waals surface area contributed by atoms with Gasteiger partial charge in [-0.2, -0.15) is 0 Å². The number of hydrogen-bond acceptors (Lipinski definition) is 5. The van der Waals surface area contributed by atoms with E-state index in [0.717, 1.165) is 38.3 Å². The maximum atomic E-state index is 12.6. The minimum Gasteiger partial charge on any atom is -0.460 e. The lowest BCUT2D eigenvalue weighted by Crippen LogP contribution is -2.37.